The van der Waals surface area contributed by atoms with Crippen molar-refractivity contribution in [1.29, 1.82) is 0 Å². The van der Waals surface area contributed by atoms with Crippen LogP contribution in [0.2, 0.25) is 0 Å². The van der Waals surface area contributed by atoms with Crippen molar-refractivity contribution in [3.8, 4) is 11.3 Å². The molecule has 1 aliphatic rings. The van der Waals surface area contributed by atoms with Gasteiger partial charge in [0.15, 0.2) is 17.8 Å². The van der Waals surface area contributed by atoms with E-state index in [-0.39, 0.29) is 18.6 Å². The highest BCUT2D eigenvalue weighted by Crippen LogP contribution is 2.26. The van der Waals surface area contributed by atoms with E-state index < -0.39 is 0 Å². The molecule has 1 saturated carbocycles. The molecule has 1 aliphatic carbocycles. The van der Waals surface area contributed by atoms with Crippen LogP contribution < -0.4 is 5.32 Å². The number of aryl methyl sites for hydroxylation is 1. The van der Waals surface area contributed by atoms with Crippen LogP contribution in [0.5, 0.6) is 0 Å². The zero-order valence-electron chi connectivity index (χ0n) is 13.3. The second-order valence-corrected chi connectivity index (χ2v) is 6.27. The van der Waals surface area contributed by atoms with Crippen molar-refractivity contribution in [1.82, 2.24) is 10.3 Å². The van der Waals surface area contributed by atoms with Crippen LogP contribution in [-0.2, 0) is 0 Å². The summed E-state index contributed by atoms with van der Waals surface area (Å²) in [6, 6.07) is 7.97. The van der Waals surface area contributed by atoms with E-state index in [1.165, 1.54) is 6.39 Å². The van der Waals surface area contributed by atoms with Gasteiger partial charge in [0.2, 0.25) is 0 Å². The summed E-state index contributed by atoms with van der Waals surface area (Å²) in [6.45, 7) is 2.25. The molecule has 1 amide bonds. The second-order valence-electron chi connectivity index (χ2n) is 6.27. The average Bonchev–Trinajstić information content (AvgIpc) is 3.06. The van der Waals surface area contributed by atoms with Crippen molar-refractivity contribution >= 4 is 5.91 Å². The minimum Gasteiger partial charge on any atom is -0.443 e. The Hall–Kier alpha value is -2.14. The number of aliphatic hydroxyl groups excluding tert-OH is 1. The fraction of sp³-hybridized carbons (Fsp3) is 0.444. The van der Waals surface area contributed by atoms with Gasteiger partial charge in [-0.2, -0.15) is 0 Å². The molecule has 1 fully saturated rings. The average molecular weight is 314 g/mol. The van der Waals surface area contributed by atoms with E-state index in [4.69, 9.17) is 4.42 Å². The van der Waals surface area contributed by atoms with Crippen LogP contribution in [0.25, 0.3) is 11.3 Å². The fourth-order valence-corrected chi connectivity index (χ4v) is 3.06. The first-order valence-electron chi connectivity index (χ1n) is 8.09. The molecule has 0 aliphatic heterocycles. The Morgan fingerprint density at radius 2 is 1.96 bits per heavy atom. The first-order chi connectivity index (χ1) is 11.2. The number of aromatic nitrogens is 1. The molecule has 1 aromatic heterocycles. The summed E-state index contributed by atoms with van der Waals surface area (Å²) in [5, 5.41) is 12.2. The molecule has 0 spiro atoms. The summed E-state index contributed by atoms with van der Waals surface area (Å²) in [5.74, 6) is 0.687. The van der Waals surface area contributed by atoms with Gasteiger partial charge in [-0.15, -0.1) is 0 Å². The lowest BCUT2D eigenvalue weighted by atomic mass is 9.86. The largest absolute Gasteiger partial charge is 0.443 e. The Morgan fingerprint density at radius 1 is 1.26 bits per heavy atom. The van der Waals surface area contributed by atoms with Gasteiger partial charge in [-0.25, -0.2) is 4.98 Å². The van der Waals surface area contributed by atoms with Crippen LogP contribution in [0.3, 0.4) is 0 Å². The third kappa shape index (κ3) is 3.62. The smallest absolute Gasteiger partial charge is 0.274 e. The normalized spacial score (nSPS) is 21.1. The first-order valence-corrected chi connectivity index (χ1v) is 8.09. The molecule has 0 radical (unpaired) electrons. The van der Waals surface area contributed by atoms with Gasteiger partial charge in [-0.05, 0) is 38.5 Å². The molecular formula is C18H22N2O3. The number of carbonyl (C=O) groups is 1. The molecule has 0 atom stereocenters. The summed E-state index contributed by atoms with van der Waals surface area (Å²) in [4.78, 5) is 16.6. The van der Waals surface area contributed by atoms with Crippen LogP contribution >= 0.6 is 0 Å². The summed E-state index contributed by atoms with van der Waals surface area (Å²) in [6.07, 6.45) is 5.01. The molecule has 0 bridgehead atoms. The van der Waals surface area contributed by atoms with E-state index in [0.29, 0.717) is 17.4 Å². The monoisotopic (exact) mass is 314 g/mol. The summed E-state index contributed by atoms with van der Waals surface area (Å²) < 4.78 is 5.43. The van der Waals surface area contributed by atoms with Crippen LogP contribution in [0.4, 0.5) is 0 Å². The molecule has 3 rings (SSSR count). The number of amides is 1. The molecule has 5 nitrogen and oxygen atoms in total. The van der Waals surface area contributed by atoms with Gasteiger partial charge in [0.05, 0.1) is 0 Å². The lowest BCUT2D eigenvalue weighted by molar-refractivity contribution is 0.0910. The highest BCUT2D eigenvalue weighted by atomic mass is 16.3. The molecule has 1 aromatic carbocycles. The Labute approximate surface area is 135 Å². The summed E-state index contributed by atoms with van der Waals surface area (Å²) in [5.41, 5.74) is 2.33. The maximum absolute atomic E-state index is 12.5. The van der Waals surface area contributed by atoms with Crippen molar-refractivity contribution in [2.45, 2.75) is 38.6 Å². The number of oxazole rings is 1. The Morgan fingerprint density at radius 3 is 2.61 bits per heavy atom. The van der Waals surface area contributed by atoms with Crippen molar-refractivity contribution < 1.29 is 14.3 Å². The molecule has 5 heteroatoms. The maximum Gasteiger partial charge on any atom is 0.274 e. The third-order valence-electron chi connectivity index (χ3n) is 4.54. The number of nitrogens with zero attached hydrogens (tertiary/aromatic N) is 1. The number of hydrogen-bond donors (Lipinski definition) is 2. The van der Waals surface area contributed by atoms with Crippen molar-refractivity contribution in [2.75, 3.05) is 6.61 Å². The summed E-state index contributed by atoms with van der Waals surface area (Å²) in [7, 11) is 0. The number of benzene rings is 1. The molecule has 0 saturated heterocycles. The molecule has 1 heterocycles. The highest BCUT2D eigenvalue weighted by Gasteiger charge is 2.25. The Balaban J connectivity index is 1.69. The zero-order chi connectivity index (χ0) is 16.2. The van der Waals surface area contributed by atoms with E-state index in [1.807, 2.05) is 31.2 Å². The standard InChI is InChI=1S/C18H22N2O3/c1-12-2-6-14(7-3-12)17-16(19-11-23-17)18(22)20-15-8-4-13(10-21)5-9-15/h2-3,6-7,11,13,15,21H,4-5,8-10H2,1H3,(H,20,22). The topological polar surface area (TPSA) is 75.4 Å². The van der Waals surface area contributed by atoms with Crippen LogP contribution in [-0.4, -0.2) is 28.6 Å². The van der Waals surface area contributed by atoms with Crippen LogP contribution in [0, 0.1) is 12.8 Å². The van der Waals surface area contributed by atoms with E-state index >= 15 is 0 Å². The zero-order valence-corrected chi connectivity index (χ0v) is 13.3. The molecule has 23 heavy (non-hydrogen) atoms. The van der Waals surface area contributed by atoms with Crippen molar-refractivity contribution in [2.24, 2.45) is 5.92 Å². The number of carbonyl (C=O) groups excluding carboxylic acids is 1. The second kappa shape index (κ2) is 6.96. The Kier molecular flexibility index (Phi) is 4.76. The molecule has 2 N–H and O–H groups in total. The van der Waals surface area contributed by atoms with E-state index in [9.17, 15) is 9.90 Å². The van der Waals surface area contributed by atoms with Crippen molar-refractivity contribution in [3.63, 3.8) is 0 Å². The van der Waals surface area contributed by atoms with Gasteiger partial charge in [-0.1, -0.05) is 29.8 Å². The van der Waals surface area contributed by atoms with E-state index in [1.54, 1.807) is 0 Å². The molecular weight excluding hydrogens is 292 g/mol. The predicted molar refractivity (Wildman–Crippen MR) is 87.0 cm³/mol. The summed E-state index contributed by atoms with van der Waals surface area (Å²) >= 11 is 0. The van der Waals surface area contributed by atoms with E-state index in [0.717, 1.165) is 36.8 Å². The van der Waals surface area contributed by atoms with Gasteiger partial charge in [0, 0.05) is 18.2 Å². The number of hydrogen-bond acceptors (Lipinski definition) is 4. The number of rotatable bonds is 4. The quantitative estimate of drug-likeness (QED) is 0.910. The molecule has 0 unspecified atom stereocenters. The van der Waals surface area contributed by atoms with Gasteiger partial charge in [0.25, 0.3) is 5.91 Å². The number of nitrogens with one attached hydrogen (secondary N) is 1. The van der Waals surface area contributed by atoms with Gasteiger partial charge in [-0.3, -0.25) is 4.79 Å². The minimum absolute atomic E-state index is 0.146. The van der Waals surface area contributed by atoms with Crippen LogP contribution in [0.15, 0.2) is 35.1 Å². The maximum atomic E-state index is 12.5. The lowest BCUT2D eigenvalue weighted by Crippen LogP contribution is -2.38. The molecule has 2 aromatic rings. The fourth-order valence-electron chi connectivity index (χ4n) is 3.06. The minimum atomic E-state index is -0.193. The van der Waals surface area contributed by atoms with Gasteiger partial charge < -0.3 is 14.8 Å². The first kappa shape index (κ1) is 15.7. The lowest BCUT2D eigenvalue weighted by Gasteiger charge is -2.27. The Bertz CT molecular complexity index is 655. The number of aliphatic hydroxyl groups is 1. The third-order valence-corrected chi connectivity index (χ3v) is 4.54. The van der Waals surface area contributed by atoms with Crippen molar-refractivity contribution in [3.05, 3.63) is 41.9 Å². The molecule has 122 valence electrons. The van der Waals surface area contributed by atoms with Gasteiger partial charge in [0.1, 0.15) is 0 Å². The van der Waals surface area contributed by atoms with Crippen LogP contribution in [0.1, 0.15) is 41.7 Å². The van der Waals surface area contributed by atoms with Gasteiger partial charge >= 0.3 is 0 Å². The highest BCUT2D eigenvalue weighted by molar-refractivity contribution is 5.97. The predicted octanol–water partition coefficient (Wildman–Crippen LogP) is 2.93. The van der Waals surface area contributed by atoms with E-state index in [2.05, 4.69) is 10.3 Å². The SMILES string of the molecule is Cc1ccc(-c2ocnc2C(=O)NC2CCC(CO)CC2)cc1.